The standard InChI is InChI=1S/C20H23N3O2/c1-14-12-22(3)18-10-5-4-7-17(18)13-23(14)20(25)16-9-6-8-15(11-16)19(24)21-2/h4-11,14H,12-13H2,1-3H3,(H,21,24)/t14-/m1/s1. The van der Waals surface area contributed by atoms with Gasteiger partial charge in [-0.25, -0.2) is 0 Å². The summed E-state index contributed by atoms with van der Waals surface area (Å²) in [4.78, 5) is 29.0. The molecule has 5 nitrogen and oxygen atoms in total. The number of para-hydroxylation sites is 1. The minimum Gasteiger partial charge on any atom is -0.372 e. The minimum absolute atomic E-state index is 0.0524. The summed E-state index contributed by atoms with van der Waals surface area (Å²) in [7, 11) is 3.63. The largest absolute Gasteiger partial charge is 0.372 e. The van der Waals surface area contributed by atoms with Crippen molar-refractivity contribution < 1.29 is 9.59 Å². The highest BCUT2D eigenvalue weighted by Crippen LogP contribution is 2.27. The third-order valence-corrected chi connectivity index (χ3v) is 4.67. The van der Waals surface area contributed by atoms with Crippen molar-refractivity contribution in [2.45, 2.75) is 19.5 Å². The van der Waals surface area contributed by atoms with Crippen LogP contribution in [-0.4, -0.2) is 43.4 Å². The van der Waals surface area contributed by atoms with Crippen LogP contribution < -0.4 is 10.2 Å². The molecule has 0 saturated heterocycles. The molecule has 0 saturated carbocycles. The number of carbonyl (C=O) groups is 2. The Morgan fingerprint density at radius 2 is 1.80 bits per heavy atom. The van der Waals surface area contributed by atoms with E-state index in [-0.39, 0.29) is 17.9 Å². The summed E-state index contributed by atoms with van der Waals surface area (Å²) >= 11 is 0. The number of anilines is 1. The lowest BCUT2D eigenvalue weighted by Crippen LogP contribution is -2.42. The third kappa shape index (κ3) is 3.36. The summed E-state index contributed by atoms with van der Waals surface area (Å²) in [6, 6.07) is 15.1. The fourth-order valence-corrected chi connectivity index (χ4v) is 3.33. The topological polar surface area (TPSA) is 52.7 Å². The molecule has 130 valence electrons. The van der Waals surface area contributed by atoms with Crippen LogP contribution in [0, 0.1) is 0 Å². The third-order valence-electron chi connectivity index (χ3n) is 4.67. The predicted molar refractivity (Wildman–Crippen MR) is 98.9 cm³/mol. The van der Waals surface area contributed by atoms with Crippen molar-refractivity contribution in [1.29, 1.82) is 0 Å². The van der Waals surface area contributed by atoms with Gasteiger partial charge in [-0.2, -0.15) is 0 Å². The molecule has 2 amide bonds. The zero-order chi connectivity index (χ0) is 18.0. The molecule has 0 unspecified atom stereocenters. The summed E-state index contributed by atoms with van der Waals surface area (Å²) in [5.74, 6) is -0.244. The van der Waals surface area contributed by atoms with Crippen LogP contribution in [0.2, 0.25) is 0 Å². The van der Waals surface area contributed by atoms with Crippen LogP contribution in [0.5, 0.6) is 0 Å². The maximum Gasteiger partial charge on any atom is 0.254 e. The molecule has 1 aliphatic heterocycles. The summed E-state index contributed by atoms with van der Waals surface area (Å²) in [6.45, 7) is 3.38. The summed E-state index contributed by atoms with van der Waals surface area (Å²) < 4.78 is 0. The number of amides is 2. The molecular weight excluding hydrogens is 314 g/mol. The second-order valence-corrected chi connectivity index (χ2v) is 6.45. The first-order valence-electron chi connectivity index (χ1n) is 8.43. The van der Waals surface area contributed by atoms with E-state index in [1.165, 1.54) is 0 Å². The van der Waals surface area contributed by atoms with Crippen LogP contribution in [0.15, 0.2) is 48.5 Å². The molecule has 2 aromatic rings. The fourth-order valence-electron chi connectivity index (χ4n) is 3.33. The van der Waals surface area contributed by atoms with E-state index in [0.717, 1.165) is 17.8 Å². The Morgan fingerprint density at radius 1 is 1.08 bits per heavy atom. The summed E-state index contributed by atoms with van der Waals surface area (Å²) in [6.07, 6.45) is 0. The predicted octanol–water partition coefficient (Wildman–Crippen LogP) is 2.53. The van der Waals surface area contributed by atoms with E-state index in [9.17, 15) is 9.59 Å². The molecule has 1 atom stereocenters. The van der Waals surface area contributed by atoms with Crippen molar-refractivity contribution in [2.24, 2.45) is 0 Å². The van der Waals surface area contributed by atoms with E-state index in [4.69, 9.17) is 0 Å². The maximum atomic E-state index is 13.1. The van der Waals surface area contributed by atoms with Crippen LogP contribution in [-0.2, 0) is 6.54 Å². The van der Waals surface area contributed by atoms with Crippen LogP contribution in [0.1, 0.15) is 33.2 Å². The van der Waals surface area contributed by atoms with Gasteiger partial charge >= 0.3 is 0 Å². The van der Waals surface area contributed by atoms with E-state index in [1.807, 2.05) is 17.0 Å². The average Bonchev–Trinajstić information content (AvgIpc) is 2.77. The average molecular weight is 337 g/mol. The van der Waals surface area contributed by atoms with Crippen molar-refractivity contribution in [3.63, 3.8) is 0 Å². The number of hydrogen-bond acceptors (Lipinski definition) is 3. The first-order chi connectivity index (χ1) is 12.0. The molecule has 2 aromatic carbocycles. The van der Waals surface area contributed by atoms with Gasteiger partial charge in [-0.05, 0) is 36.8 Å². The molecule has 5 heteroatoms. The van der Waals surface area contributed by atoms with Crippen molar-refractivity contribution in [3.05, 3.63) is 65.2 Å². The van der Waals surface area contributed by atoms with Gasteiger partial charge < -0.3 is 15.1 Å². The molecule has 0 bridgehead atoms. The normalized spacial score (nSPS) is 16.8. The number of carbonyl (C=O) groups excluding carboxylic acids is 2. The minimum atomic E-state index is -0.191. The van der Waals surface area contributed by atoms with Gasteiger partial charge in [-0.1, -0.05) is 24.3 Å². The highest BCUT2D eigenvalue weighted by Gasteiger charge is 2.27. The highest BCUT2D eigenvalue weighted by molar-refractivity contribution is 5.99. The Balaban J connectivity index is 1.93. The van der Waals surface area contributed by atoms with Gasteiger partial charge in [0, 0.05) is 50.0 Å². The molecule has 0 radical (unpaired) electrons. The number of likely N-dealkylation sites (N-methyl/N-ethyl adjacent to an activating group) is 1. The van der Waals surface area contributed by atoms with Gasteiger partial charge in [0.25, 0.3) is 11.8 Å². The Labute approximate surface area is 148 Å². The highest BCUT2D eigenvalue weighted by atomic mass is 16.2. The summed E-state index contributed by atoms with van der Waals surface area (Å²) in [5, 5.41) is 2.59. The van der Waals surface area contributed by atoms with Gasteiger partial charge in [0.05, 0.1) is 0 Å². The number of nitrogens with one attached hydrogen (secondary N) is 1. The zero-order valence-corrected chi connectivity index (χ0v) is 14.8. The van der Waals surface area contributed by atoms with Gasteiger partial charge in [0.2, 0.25) is 0 Å². The smallest absolute Gasteiger partial charge is 0.254 e. The summed E-state index contributed by atoms with van der Waals surface area (Å²) in [5.41, 5.74) is 3.32. The lowest BCUT2D eigenvalue weighted by molar-refractivity contribution is 0.0687. The molecule has 0 aromatic heterocycles. The number of benzene rings is 2. The molecule has 0 fully saturated rings. The lowest BCUT2D eigenvalue weighted by atomic mass is 10.1. The van der Waals surface area contributed by atoms with Crippen LogP contribution in [0.25, 0.3) is 0 Å². The van der Waals surface area contributed by atoms with Gasteiger partial charge in [0.15, 0.2) is 0 Å². The Hall–Kier alpha value is -2.82. The quantitative estimate of drug-likeness (QED) is 0.916. The number of nitrogens with zero attached hydrogens (tertiary/aromatic N) is 2. The Morgan fingerprint density at radius 3 is 2.56 bits per heavy atom. The van der Waals surface area contributed by atoms with Gasteiger partial charge in [-0.15, -0.1) is 0 Å². The number of rotatable bonds is 2. The maximum absolute atomic E-state index is 13.1. The van der Waals surface area contributed by atoms with E-state index < -0.39 is 0 Å². The molecule has 25 heavy (non-hydrogen) atoms. The van der Waals surface area contributed by atoms with E-state index in [2.05, 4.69) is 36.3 Å². The second kappa shape index (κ2) is 6.97. The van der Waals surface area contributed by atoms with Crippen molar-refractivity contribution in [2.75, 3.05) is 25.5 Å². The molecule has 3 rings (SSSR count). The molecule has 1 heterocycles. The SMILES string of the molecule is CNC(=O)c1cccc(C(=O)N2Cc3ccccc3N(C)C[C@H]2C)c1. The van der Waals surface area contributed by atoms with Crippen molar-refractivity contribution in [1.82, 2.24) is 10.2 Å². The molecule has 1 N–H and O–H groups in total. The first-order valence-corrected chi connectivity index (χ1v) is 8.43. The molecule has 0 spiro atoms. The van der Waals surface area contributed by atoms with Crippen LogP contribution >= 0.6 is 0 Å². The monoisotopic (exact) mass is 337 g/mol. The number of hydrogen-bond donors (Lipinski definition) is 1. The van der Waals surface area contributed by atoms with Crippen LogP contribution in [0.4, 0.5) is 5.69 Å². The fraction of sp³-hybridized carbons (Fsp3) is 0.300. The van der Waals surface area contributed by atoms with Crippen molar-refractivity contribution >= 4 is 17.5 Å². The van der Waals surface area contributed by atoms with Gasteiger partial charge in [0.1, 0.15) is 0 Å². The second-order valence-electron chi connectivity index (χ2n) is 6.45. The van der Waals surface area contributed by atoms with E-state index in [0.29, 0.717) is 17.7 Å². The molecule has 1 aliphatic rings. The van der Waals surface area contributed by atoms with E-state index in [1.54, 1.807) is 31.3 Å². The molecular formula is C20H23N3O2. The lowest BCUT2D eigenvalue weighted by Gasteiger charge is -2.28. The van der Waals surface area contributed by atoms with E-state index >= 15 is 0 Å². The Kier molecular flexibility index (Phi) is 4.74. The first kappa shape index (κ1) is 17.0. The van der Waals surface area contributed by atoms with Crippen LogP contribution in [0.3, 0.4) is 0 Å². The van der Waals surface area contributed by atoms with Crippen molar-refractivity contribution in [3.8, 4) is 0 Å². The van der Waals surface area contributed by atoms with Gasteiger partial charge in [-0.3, -0.25) is 9.59 Å². The Bertz CT molecular complexity index is 803. The molecule has 0 aliphatic carbocycles. The number of fused-ring (bicyclic) bond motifs is 1. The zero-order valence-electron chi connectivity index (χ0n) is 14.8.